The summed E-state index contributed by atoms with van der Waals surface area (Å²) in [6, 6.07) is 16.8. The van der Waals surface area contributed by atoms with Crippen molar-refractivity contribution in [2.75, 3.05) is 0 Å². The molecule has 0 aliphatic rings. The second-order valence-corrected chi connectivity index (χ2v) is 5.52. The number of allylic oxidation sites excluding steroid dienone is 3. The second-order valence-electron chi connectivity index (χ2n) is 5.08. The topological polar surface area (TPSA) is 0 Å². The number of aryl methyl sites for hydroxylation is 1. The zero-order valence-corrected chi connectivity index (χ0v) is 13.0. The Kier molecular flexibility index (Phi) is 6.30. The van der Waals surface area contributed by atoms with E-state index in [0.717, 1.165) is 30.7 Å². The first-order chi connectivity index (χ1) is 10.3. The molecule has 0 saturated heterocycles. The van der Waals surface area contributed by atoms with Crippen molar-refractivity contribution < 1.29 is 0 Å². The first-order valence-corrected chi connectivity index (χ1v) is 7.78. The van der Waals surface area contributed by atoms with Crippen molar-refractivity contribution in [3.05, 3.63) is 83.9 Å². The Balaban J connectivity index is 1.88. The molecule has 0 aromatic heterocycles. The van der Waals surface area contributed by atoms with Crippen molar-refractivity contribution in [3.63, 3.8) is 0 Å². The van der Waals surface area contributed by atoms with Crippen LogP contribution in [0.15, 0.2) is 73.3 Å². The summed E-state index contributed by atoms with van der Waals surface area (Å²) in [6.45, 7) is 3.72. The van der Waals surface area contributed by atoms with E-state index >= 15 is 0 Å². The van der Waals surface area contributed by atoms with Crippen LogP contribution >= 0.6 is 11.6 Å². The molecule has 21 heavy (non-hydrogen) atoms. The van der Waals surface area contributed by atoms with Crippen molar-refractivity contribution in [2.24, 2.45) is 0 Å². The quantitative estimate of drug-likeness (QED) is 0.406. The molecule has 0 radical (unpaired) electrons. The largest absolute Gasteiger partial charge is 0.103 e. The fraction of sp³-hybridized carbons (Fsp3) is 0.200. The monoisotopic (exact) mass is 296 g/mol. The first kappa shape index (κ1) is 15.6. The lowest BCUT2D eigenvalue weighted by Crippen LogP contribution is -1.84. The van der Waals surface area contributed by atoms with Crippen LogP contribution in [0.5, 0.6) is 0 Å². The van der Waals surface area contributed by atoms with Crippen LogP contribution in [0.4, 0.5) is 0 Å². The molecule has 0 saturated carbocycles. The molecular formula is C20H21Cl. The van der Waals surface area contributed by atoms with E-state index in [1.54, 1.807) is 0 Å². The minimum absolute atomic E-state index is 0.776. The predicted octanol–water partition coefficient (Wildman–Crippen LogP) is 6.46. The smallest absolute Gasteiger partial charge is 0.0406 e. The summed E-state index contributed by atoms with van der Waals surface area (Å²) in [5, 5.41) is 0.776. The van der Waals surface area contributed by atoms with E-state index in [1.165, 1.54) is 16.7 Å². The van der Waals surface area contributed by atoms with E-state index in [4.69, 9.17) is 11.6 Å². The lowest BCUT2D eigenvalue weighted by atomic mass is 10.0. The van der Waals surface area contributed by atoms with Gasteiger partial charge in [-0.05, 0) is 54.5 Å². The van der Waals surface area contributed by atoms with Crippen molar-refractivity contribution in [1.29, 1.82) is 0 Å². The Labute approximate surface area is 132 Å². The summed E-state index contributed by atoms with van der Waals surface area (Å²) >= 11 is 5.92. The lowest BCUT2D eigenvalue weighted by molar-refractivity contribution is 0.977. The summed E-state index contributed by atoms with van der Waals surface area (Å²) in [5.74, 6) is 0. The zero-order valence-electron chi connectivity index (χ0n) is 12.3. The molecule has 2 aromatic carbocycles. The molecule has 0 amide bonds. The third kappa shape index (κ3) is 5.24. The Bertz CT molecular complexity index is 576. The van der Waals surface area contributed by atoms with E-state index in [9.17, 15) is 0 Å². The number of benzene rings is 2. The molecule has 0 aliphatic carbocycles. The molecule has 108 valence electrons. The normalized spacial score (nSPS) is 10.9. The van der Waals surface area contributed by atoms with Crippen LogP contribution in [-0.4, -0.2) is 0 Å². The van der Waals surface area contributed by atoms with Crippen molar-refractivity contribution in [2.45, 2.75) is 25.7 Å². The predicted molar refractivity (Wildman–Crippen MR) is 93.8 cm³/mol. The number of halogens is 1. The van der Waals surface area contributed by atoms with Gasteiger partial charge in [0.15, 0.2) is 0 Å². The van der Waals surface area contributed by atoms with Gasteiger partial charge in [-0.3, -0.25) is 0 Å². The minimum Gasteiger partial charge on any atom is -0.103 e. The maximum Gasteiger partial charge on any atom is 0.0406 e. The van der Waals surface area contributed by atoms with Gasteiger partial charge in [0.2, 0.25) is 0 Å². The number of rotatable bonds is 7. The van der Waals surface area contributed by atoms with E-state index in [0.29, 0.717) is 0 Å². The molecule has 0 heterocycles. The average Bonchev–Trinajstić information content (AvgIpc) is 2.52. The minimum atomic E-state index is 0.776. The molecule has 0 bridgehead atoms. The molecule has 0 spiro atoms. The number of hydrogen-bond donors (Lipinski definition) is 0. The van der Waals surface area contributed by atoms with E-state index in [-0.39, 0.29) is 0 Å². The van der Waals surface area contributed by atoms with Crippen molar-refractivity contribution >= 4 is 11.6 Å². The van der Waals surface area contributed by atoms with Gasteiger partial charge < -0.3 is 0 Å². The summed E-state index contributed by atoms with van der Waals surface area (Å²) in [4.78, 5) is 0. The van der Waals surface area contributed by atoms with E-state index in [1.807, 2.05) is 18.2 Å². The van der Waals surface area contributed by atoms with Crippen molar-refractivity contribution in [1.82, 2.24) is 0 Å². The second kappa shape index (κ2) is 8.49. The van der Waals surface area contributed by atoms with Crippen molar-refractivity contribution in [3.8, 4) is 11.1 Å². The van der Waals surface area contributed by atoms with Gasteiger partial charge in [-0.15, -0.1) is 6.58 Å². The van der Waals surface area contributed by atoms with Gasteiger partial charge in [-0.2, -0.15) is 0 Å². The summed E-state index contributed by atoms with van der Waals surface area (Å²) in [5.41, 5.74) is 3.81. The molecule has 1 heteroatoms. The molecule has 2 aromatic rings. The van der Waals surface area contributed by atoms with Gasteiger partial charge in [0.25, 0.3) is 0 Å². The fourth-order valence-corrected chi connectivity index (χ4v) is 2.33. The van der Waals surface area contributed by atoms with Crippen LogP contribution in [0.25, 0.3) is 11.1 Å². The van der Waals surface area contributed by atoms with Crippen LogP contribution in [-0.2, 0) is 6.42 Å². The van der Waals surface area contributed by atoms with Crippen LogP contribution in [0.2, 0.25) is 5.02 Å². The van der Waals surface area contributed by atoms with E-state index < -0.39 is 0 Å². The highest BCUT2D eigenvalue weighted by atomic mass is 35.5. The summed E-state index contributed by atoms with van der Waals surface area (Å²) in [6.07, 6.45) is 10.8. The first-order valence-electron chi connectivity index (χ1n) is 7.40. The summed E-state index contributed by atoms with van der Waals surface area (Å²) < 4.78 is 0. The highest BCUT2D eigenvalue weighted by Gasteiger charge is 1.98. The molecule has 0 atom stereocenters. The van der Waals surface area contributed by atoms with Crippen LogP contribution < -0.4 is 0 Å². The zero-order chi connectivity index (χ0) is 14.9. The number of hydrogen-bond acceptors (Lipinski definition) is 0. The Morgan fingerprint density at radius 1 is 0.762 bits per heavy atom. The Morgan fingerprint density at radius 3 is 1.95 bits per heavy atom. The van der Waals surface area contributed by atoms with E-state index in [2.05, 4.69) is 55.1 Å². The third-order valence-electron chi connectivity index (χ3n) is 3.44. The maximum atomic E-state index is 5.92. The van der Waals surface area contributed by atoms with Gasteiger partial charge in [-0.25, -0.2) is 0 Å². The van der Waals surface area contributed by atoms with Gasteiger partial charge in [0.05, 0.1) is 0 Å². The molecule has 0 N–H and O–H groups in total. The van der Waals surface area contributed by atoms with Gasteiger partial charge in [0.1, 0.15) is 0 Å². The Hall–Kier alpha value is -1.79. The molecular weight excluding hydrogens is 276 g/mol. The molecule has 0 aliphatic heterocycles. The molecule has 0 unspecified atom stereocenters. The summed E-state index contributed by atoms with van der Waals surface area (Å²) in [7, 11) is 0. The molecule has 0 fully saturated rings. The SMILES string of the molecule is C=CCCC=CCCc1ccc(-c2ccc(Cl)cc2)cc1. The number of unbranched alkanes of at least 4 members (excludes halogenated alkanes) is 1. The average molecular weight is 297 g/mol. The van der Waals surface area contributed by atoms with Crippen LogP contribution in [0, 0.1) is 0 Å². The third-order valence-corrected chi connectivity index (χ3v) is 3.69. The fourth-order valence-electron chi connectivity index (χ4n) is 2.21. The molecule has 2 rings (SSSR count). The van der Waals surface area contributed by atoms with Gasteiger partial charge in [-0.1, -0.05) is 66.2 Å². The highest BCUT2D eigenvalue weighted by molar-refractivity contribution is 6.30. The van der Waals surface area contributed by atoms with Crippen LogP contribution in [0.3, 0.4) is 0 Å². The highest BCUT2D eigenvalue weighted by Crippen LogP contribution is 2.22. The lowest BCUT2D eigenvalue weighted by Gasteiger charge is -2.04. The Morgan fingerprint density at radius 2 is 1.33 bits per heavy atom. The van der Waals surface area contributed by atoms with Gasteiger partial charge in [0, 0.05) is 5.02 Å². The standard InChI is InChI=1S/C20H21Cl/c1-2-3-4-5-6-7-8-17-9-11-18(12-10-17)19-13-15-20(21)16-14-19/h2,5-6,9-16H,1,3-4,7-8H2. The molecule has 0 nitrogen and oxygen atoms in total. The van der Waals surface area contributed by atoms with Gasteiger partial charge >= 0.3 is 0 Å². The van der Waals surface area contributed by atoms with Crippen LogP contribution in [0.1, 0.15) is 24.8 Å². The maximum absolute atomic E-state index is 5.92.